The zero-order chi connectivity index (χ0) is 45.7. The highest BCUT2D eigenvalue weighted by atomic mass is 16.5. The van der Waals surface area contributed by atoms with Crippen LogP contribution >= 0.6 is 0 Å². The molecule has 7 aromatic carbocycles. The minimum Gasteiger partial charge on any atom is -0.457 e. The van der Waals surface area contributed by atoms with E-state index in [-0.39, 0.29) is 16.2 Å². The molecule has 0 atom stereocenters. The summed E-state index contributed by atoms with van der Waals surface area (Å²) >= 11 is 0. The van der Waals surface area contributed by atoms with Crippen molar-refractivity contribution in [2.75, 3.05) is 16.5 Å². The van der Waals surface area contributed by atoms with E-state index in [1.165, 1.54) is 33.8 Å². The first-order chi connectivity index (χ1) is 31.6. The fraction of sp³-hybridized carbons (Fsp3) is 0.217. The number of pyridine rings is 1. The van der Waals surface area contributed by atoms with Crippen LogP contribution in [0.1, 0.15) is 79.0 Å². The van der Waals surface area contributed by atoms with Crippen molar-refractivity contribution in [3.05, 3.63) is 181 Å². The van der Waals surface area contributed by atoms with Gasteiger partial charge in [-0.2, -0.15) is 0 Å². The summed E-state index contributed by atoms with van der Waals surface area (Å²) in [5.74, 6) is 2.39. The molecule has 3 aromatic heterocycles. The highest BCUT2D eigenvalue weighted by Gasteiger charge is 2.30. The molecule has 0 bridgehead atoms. The van der Waals surface area contributed by atoms with Gasteiger partial charge in [0.05, 0.1) is 22.4 Å². The maximum atomic E-state index is 6.84. The van der Waals surface area contributed by atoms with Gasteiger partial charge in [-0.25, -0.2) is 4.98 Å². The number of benzene rings is 7. The first-order valence-electron chi connectivity index (χ1n) is 23.1. The molecule has 0 saturated heterocycles. The number of fused-ring (bicyclic) bond motifs is 7. The first-order valence-corrected chi connectivity index (χ1v) is 23.1. The van der Waals surface area contributed by atoms with Crippen molar-refractivity contribution in [1.29, 1.82) is 0 Å². The molecule has 6 nitrogen and oxygen atoms in total. The Morgan fingerprint density at radius 2 is 1.15 bits per heavy atom. The van der Waals surface area contributed by atoms with E-state index in [1.54, 1.807) is 0 Å². The van der Waals surface area contributed by atoms with Crippen LogP contribution in [-0.4, -0.2) is 16.2 Å². The number of furan rings is 1. The van der Waals surface area contributed by atoms with E-state index in [0.717, 1.165) is 77.9 Å². The molecular weight excluding hydrogens is 809 g/mol. The van der Waals surface area contributed by atoms with Crippen molar-refractivity contribution in [3.63, 3.8) is 0 Å². The van der Waals surface area contributed by atoms with Gasteiger partial charge in [0.15, 0.2) is 0 Å². The molecule has 6 heteroatoms. The number of hydrogen-bond acceptors (Lipinski definition) is 5. The molecule has 11 rings (SSSR count). The monoisotopic (exact) mass is 864 g/mol. The average Bonchev–Trinajstić information content (AvgIpc) is 3.98. The van der Waals surface area contributed by atoms with Gasteiger partial charge in [0.2, 0.25) is 0 Å². The summed E-state index contributed by atoms with van der Waals surface area (Å²) in [6.45, 7) is 21.2. The number of ether oxygens (including phenoxy) is 1. The number of rotatable bonds is 6. The lowest BCUT2D eigenvalue weighted by atomic mass is 9.80. The third kappa shape index (κ3) is 7.16. The van der Waals surface area contributed by atoms with Crippen LogP contribution in [0.25, 0.3) is 60.7 Å². The second kappa shape index (κ2) is 15.1. The Labute approximate surface area is 387 Å². The van der Waals surface area contributed by atoms with Crippen molar-refractivity contribution in [2.24, 2.45) is 0 Å². The van der Waals surface area contributed by atoms with E-state index in [4.69, 9.17) is 14.1 Å². The van der Waals surface area contributed by atoms with Crippen molar-refractivity contribution < 1.29 is 9.15 Å². The lowest BCUT2D eigenvalue weighted by Gasteiger charge is -2.29. The van der Waals surface area contributed by atoms with Crippen LogP contribution in [0.4, 0.5) is 22.7 Å². The topological polar surface area (TPSA) is 46.7 Å². The molecule has 1 aliphatic heterocycles. The normalized spacial score (nSPS) is 13.4. The van der Waals surface area contributed by atoms with Crippen molar-refractivity contribution in [2.45, 2.75) is 78.6 Å². The fourth-order valence-corrected chi connectivity index (χ4v) is 9.60. The molecule has 4 heterocycles. The Balaban J connectivity index is 0.985. The van der Waals surface area contributed by atoms with Crippen molar-refractivity contribution >= 4 is 66.5 Å². The van der Waals surface area contributed by atoms with Gasteiger partial charge in [0, 0.05) is 56.8 Å². The maximum absolute atomic E-state index is 6.84. The molecule has 66 heavy (non-hydrogen) atoms. The second-order valence-electron chi connectivity index (χ2n) is 21.0. The van der Waals surface area contributed by atoms with E-state index in [1.807, 2.05) is 24.4 Å². The molecule has 0 spiro atoms. The highest BCUT2D eigenvalue weighted by Crippen LogP contribution is 2.47. The number of nitrogens with zero attached hydrogens (tertiary/aromatic N) is 4. The Kier molecular flexibility index (Phi) is 9.49. The SMILES string of the molecule is CC(C)(C)c1cc(N2CN(c3cccc(Oc4ccc5c6cc(-c7cccc8c7oc7ccccc78)ccc6n(-c6cc(C(C)(C)C)ccn6)c5c4)c3)c3ccccc32)cc(C(C)(C)C)c1. The standard InChI is InChI=1S/C60H56N4O2/c1-58(2,3)39-28-29-61-56(34-39)64-51-27-24-38(46-19-15-20-49-48-18-10-13-23-55(48)66-57(46)49)30-50(51)47-26-25-45(36-54(47)64)65-44-17-14-16-42(35-44)62-37-63(53-22-12-11-21-52(53)62)43-32-40(59(4,5)6)31-41(33-43)60(7,8)9/h10-36H,37H2,1-9H3. The van der Waals surface area contributed by atoms with Crippen LogP contribution in [0.15, 0.2) is 168 Å². The van der Waals surface area contributed by atoms with Crippen LogP contribution in [0.3, 0.4) is 0 Å². The summed E-state index contributed by atoms with van der Waals surface area (Å²) in [7, 11) is 0. The lowest BCUT2D eigenvalue weighted by molar-refractivity contribution is 0.483. The molecule has 0 aliphatic carbocycles. The van der Waals surface area contributed by atoms with E-state index < -0.39 is 0 Å². The molecule has 0 radical (unpaired) electrons. The fourth-order valence-electron chi connectivity index (χ4n) is 9.60. The molecule has 0 amide bonds. The Hall–Kier alpha value is -7.31. The molecule has 0 saturated carbocycles. The Morgan fingerprint density at radius 3 is 1.89 bits per heavy atom. The van der Waals surface area contributed by atoms with E-state index in [9.17, 15) is 0 Å². The van der Waals surface area contributed by atoms with Gasteiger partial charge in [-0.3, -0.25) is 4.57 Å². The molecule has 0 N–H and O–H groups in total. The summed E-state index contributed by atoms with van der Waals surface area (Å²) in [5.41, 5.74) is 14.5. The predicted octanol–water partition coefficient (Wildman–Crippen LogP) is 16.7. The molecule has 0 fully saturated rings. The summed E-state index contributed by atoms with van der Waals surface area (Å²) in [6, 6.07) is 56.6. The number of aromatic nitrogens is 2. The minimum absolute atomic E-state index is 0.0132. The lowest BCUT2D eigenvalue weighted by Crippen LogP contribution is -2.25. The van der Waals surface area contributed by atoms with Crippen LogP contribution in [0.5, 0.6) is 11.5 Å². The number of para-hydroxylation sites is 4. The van der Waals surface area contributed by atoms with E-state index in [0.29, 0.717) is 6.67 Å². The van der Waals surface area contributed by atoms with Gasteiger partial charge < -0.3 is 19.0 Å². The molecular formula is C60H56N4O2. The first kappa shape index (κ1) is 41.4. The third-order valence-electron chi connectivity index (χ3n) is 13.4. The van der Waals surface area contributed by atoms with E-state index in [2.05, 4.69) is 216 Å². The number of anilines is 4. The summed E-state index contributed by atoms with van der Waals surface area (Å²) in [5, 5.41) is 4.49. The zero-order valence-corrected chi connectivity index (χ0v) is 39.4. The highest BCUT2D eigenvalue weighted by molar-refractivity contribution is 6.13. The smallest absolute Gasteiger partial charge is 0.143 e. The van der Waals surface area contributed by atoms with Crippen molar-refractivity contribution in [3.8, 4) is 28.4 Å². The molecule has 1 aliphatic rings. The van der Waals surface area contributed by atoms with Gasteiger partial charge in [0.25, 0.3) is 0 Å². The van der Waals surface area contributed by atoms with Crippen LogP contribution < -0.4 is 14.5 Å². The van der Waals surface area contributed by atoms with Gasteiger partial charge in [-0.15, -0.1) is 0 Å². The quantitative estimate of drug-likeness (QED) is 0.167. The maximum Gasteiger partial charge on any atom is 0.143 e. The van der Waals surface area contributed by atoms with Crippen LogP contribution in [0, 0.1) is 0 Å². The minimum atomic E-state index is -0.0487. The second-order valence-corrected chi connectivity index (χ2v) is 21.0. The average molecular weight is 865 g/mol. The van der Waals surface area contributed by atoms with Gasteiger partial charge in [0.1, 0.15) is 35.2 Å². The van der Waals surface area contributed by atoms with E-state index >= 15 is 0 Å². The Morgan fingerprint density at radius 1 is 0.485 bits per heavy atom. The molecule has 10 aromatic rings. The third-order valence-corrected chi connectivity index (χ3v) is 13.4. The summed E-state index contributed by atoms with van der Waals surface area (Å²) in [6.07, 6.45) is 1.93. The molecule has 328 valence electrons. The summed E-state index contributed by atoms with van der Waals surface area (Å²) in [4.78, 5) is 9.83. The Bertz CT molecular complexity index is 3480. The number of hydrogen-bond donors (Lipinski definition) is 0. The predicted molar refractivity (Wildman–Crippen MR) is 276 cm³/mol. The van der Waals surface area contributed by atoms with Gasteiger partial charge >= 0.3 is 0 Å². The van der Waals surface area contributed by atoms with Gasteiger partial charge in [-0.05, 0) is 117 Å². The largest absolute Gasteiger partial charge is 0.457 e. The van der Waals surface area contributed by atoms with Crippen molar-refractivity contribution in [1.82, 2.24) is 9.55 Å². The van der Waals surface area contributed by atoms with Gasteiger partial charge in [-0.1, -0.05) is 129 Å². The zero-order valence-electron chi connectivity index (χ0n) is 39.4. The summed E-state index contributed by atoms with van der Waals surface area (Å²) < 4.78 is 15.6. The molecule has 0 unspecified atom stereocenters. The van der Waals surface area contributed by atoms with Crippen LogP contribution in [0.2, 0.25) is 0 Å². The van der Waals surface area contributed by atoms with Crippen LogP contribution in [-0.2, 0) is 16.2 Å².